The minimum Gasteiger partial charge on any atom is -0.484 e. The maximum absolute atomic E-state index is 12.3. The summed E-state index contributed by atoms with van der Waals surface area (Å²) in [5, 5.41) is 2.33. The molecule has 32 heavy (non-hydrogen) atoms. The maximum atomic E-state index is 12.3. The van der Waals surface area contributed by atoms with Crippen LogP contribution in [0.15, 0.2) is 53.4 Å². The van der Waals surface area contributed by atoms with Crippen LogP contribution in [-0.4, -0.2) is 41.0 Å². The summed E-state index contributed by atoms with van der Waals surface area (Å²) < 4.78 is 5.55. The molecule has 1 saturated heterocycles. The lowest BCUT2D eigenvalue weighted by Gasteiger charge is -2.14. The Balaban J connectivity index is 1.58. The number of carbonyl (C=O) groups excluding carboxylic acids is 4. The van der Waals surface area contributed by atoms with E-state index in [-0.39, 0.29) is 23.3 Å². The third-order valence-corrected chi connectivity index (χ3v) is 5.50. The minimum atomic E-state index is -0.758. The summed E-state index contributed by atoms with van der Waals surface area (Å²) in [5.74, 6) is -0.831. The number of hydrogen-bond acceptors (Lipinski definition) is 6. The Hall–Kier alpha value is -3.59. The summed E-state index contributed by atoms with van der Waals surface area (Å²) >= 11 is 0.747. The van der Waals surface area contributed by atoms with Crippen LogP contribution in [0.3, 0.4) is 0 Å². The number of nitrogens with two attached hydrogens (primary N) is 1. The Morgan fingerprint density at radius 2 is 1.81 bits per heavy atom. The molecule has 2 aromatic carbocycles. The molecule has 8 nitrogen and oxygen atoms in total. The average Bonchev–Trinajstić information content (AvgIpc) is 3.00. The SMILES string of the molecule is CC(C)c1ccccc1NC(=O)COc1ccc(/C=C2\SC(=O)N(CC(N)=O)C2=O)cc1. The van der Waals surface area contributed by atoms with Crippen LogP contribution in [0.4, 0.5) is 10.5 Å². The van der Waals surface area contributed by atoms with Gasteiger partial charge < -0.3 is 15.8 Å². The molecule has 3 N–H and O–H groups in total. The van der Waals surface area contributed by atoms with E-state index < -0.39 is 23.6 Å². The van der Waals surface area contributed by atoms with E-state index in [9.17, 15) is 19.2 Å². The molecule has 0 aliphatic carbocycles. The van der Waals surface area contributed by atoms with Gasteiger partial charge in [0, 0.05) is 5.69 Å². The van der Waals surface area contributed by atoms with Crippen molar-refractivity contribution in [2.45, 2.75) is 19.8 Å². The normalized spacial score (nSPS) is 14.8. The topological polar surface area (TPSA) is 119 Å². The smallest absolute Gasteiger partial charge is 0.294 e. The molecule has 1 fully saturated rings. The molecule has 4 amide bonds. The zero-order valence-corrected chi connectivity index (χ0v) is 18.5. The number of primary amides is 1. The van der Waals surface area contributed by atoms with Crippen molar-refractivity contribution in [2.75, 3.05) is 18.5 Å². The van der Waals surface area contributed by atoms with Crippen LogP contribution in [0.5, 0.6) is 5.75 Å². The van der Waals surface area contributed by atoms with Crippen LogP contribution in [0, 0.1) is 0 Å². The molecule has 0 unspecified atom stereocenters. The van der Waals surface area contributed by atoms with Gasteiger partial charge in [0.25, 0.3) is 17.1 Å². The summed E-state index contributed by atoms with van der Waals surface area (Å²) in [4.78, 5) is 48.4. The van der Waals surface area contributed by atoms with Crippen LogP contribution in [0.1, 0.15) is 30.9 Å². The van der Waals surface area contributed by atoms with Crippen molar-refractivity contribution >= 4 is 46.5 Å². The largest absolute Gasteiger partial charge is 0.484 e. The van der Waals surface area contributed by atoms with E-state index in [0.29, 0.717) is 11.3 Å². The fraction of sp³-hybridized carbons (Fsp3) is 0.217. The zero-order chi connectivity index (χ0) is 23.3. The first-order chi connectivity index (χ1) is 15.2. The molecule has 166 valence electrons. The lowest BCUT2D eigenvalue weighted by molar-refractivity contribution is -0.127. The van der Waals surface area contributed by atoms with E-state index in [2.05, 4.69) is 19.2 Å². The lowest BCUT2D eigenvalue weighted by atomic mass is 10.0. The van der Waals surface area contributed by atoms with Crippen molar-refractivity contribution in [1.82, 2.24) is 4.90 Å². The van der Waals surface area contributed by atoms with E-state index in [0.717, 1.165) is 27.9 Å². The summed E-state index contributed by atoms with van der Waals surface area (Å²) in [6.07, 6.45) is 1.55. The van der Waals surface area contributed by atoms with Gasteiger partial charge in [-0.15, -0.1) is 0 Å². The lowest BCUT2D eigenvalue weighted by Crippen LogP contribution is -2.36. The Labute approximate surface area is 189 Å². The number of imide groups is 1. The van der Waals surface area contributed by atoms with Gasteiger partial charge in [-0.25, -0.2) is 0 Å². The number of benzene rings is 2. The number of ether oxygens (including phenoxy) is 1. The number of nitrogens with one attached hydrogen (secondary N) is 1. The first-order valence-electron chi connectivity index (χ1n) is 9.90. The number of hydrogen-bond donors (Lipinski definition) is 2. The minimum absolute atomic E-state index is 0.155. The summed E-state index contributed by atoms with van der Waals surface area (Å²) in [5.41, 5.74) is 7.54. The first-order valence-corrected chi connectivity index (χ1v) is 10.7. The zero-order valence-electron chi connectivity index (χ0n) is 17.7. The second-order valence-corrected chi connectivity index (χ2v) is 8.38. The van der Waals surface area contributed by atoms with Gasteiger partial charge in [-0.1, -0.05) is 44.2 Å². The fourth-order valence-electron chi connectivity index (χ4n) is 3.05. The molecule has 1 aliphatic rings. The van der Waals surface area contributed by atoms with Gasteiger partial charge in [0.1, 0.15) is 12.3 Å². The molecule has 9 heteroatoms. The third kappa shape index (κ3) is 5.76. The van der Waals surface area contributed by atoms with Crippen molar-refractivity contribution < 1.29 is 23.9 Å². The quantitative estimate of drug-likeness (QED) is 0.592. The Bertz CT molecular complexity index is 1080. The van der Waals surface area contributed by atoms with Crippen LogP contribution >= 0.6 is 11.8 Å². The van der Waals surface area contributed by atoms with Gasteiger partial charge in [-0.2, -0.15) is 0 Å². The fourth-order valence-corrected chi connectivity index (χ4v) is 3.89. The van der Waals surface area contributed by atoms with Gasteiger partial charge in [-0.05, 0) is 53.1 Å². The van der Waals surface area contributed by atoms with E-state index in [1.165, 1.54) is 0 Å². The van der Waals surface area contributed by atoms with Crippen molar-refractivity contribution in [3.05, 3.63) is 64.6 Å². The van der Waals surface area contributed by atoms with Gasteiger partial charge >= 0.3 is 0 Å². The Kier molecular flexibility index (Phi) is 7.32. The average molecular weight is 454 g/mol. The number of anilines is 1. The predicted molar refractivity (Wildman–Crippen MR) is 123 cm³/mol. The van der Waals surface area contributed by atoms with Crippen molar-refractivity contribution in [1.29, 1.82) is 0 Å². The van der Waals surface area contributed by atoms with Crippen LogP contribution in [0.25, 0.3) is 6.08 Å². The molecule has 0 saturated carbocycles. The first kappa shape index (κ1) is 23.1. The molecule has 0 spiro atoms. The second kappa shape index (κ2) is 10.1. The third-order valence-electron chi connectivity index (χ3n) is 4.59. The second-order valence-electron chi connectivity index (χ2n) is 7.38. The number of rotatable bonds is 8. The highest BCUT2D eigenvalue weighted by Crippen LogP contribution is 2.32. The number of amides is 4. The molecule has 0 aromatic heterocycles. The van der Waals surface area contributed by atoms with Crippen LogP contribution in [-0.2, 0) is 14.4 Å². The molecule has 2 aromatic rings. The molecule has 0 bridgehead atoms. The highest BCUT2D eigenvalue weighted by Gasteiger charge is 2.35. The number of thioether (sulfide) groups is 1. The summed E-state index contributed by atoms with van der Waals surface area (Å²) in [6, 6.07) is 14.3. The highest BCUT2D eigenvalue weighted by atomic mass is 32.2. The Morgan fingerprint density at radius 3 is 2.47 bits per heavy atom. The standard InChI is InChI=1S/C23H23N3O5S/c1-14(2)17-5-3-4-6-18(17)25-21(28)13-31-16-9-7-15(8-10-16)11-19-22(29)26(12-20(24)27)23(30)32-19/h3-11,14H,12-13H2,1-2H3,(H2,24,27)(H,25,28)/b19-11-. The number of para-hydroxylation sites is 1. The van der Waals surface area contributed by atoms with Gasteiger partial charge in [0.2, 0.25) is 5.91 Å². The molecule has 3 rings (SSSR count). The van der Waals surface area contributed by atoms with Crippen molar-refractivity contribution in [3.8, 4) is 5.75 Å². The van der Waals surface area contributed by atoms with E-state index in [1.54, 1.807) is 30.3 Å². The Morgan fingerprint density at radius 1 is 1.12 bits per heavy atom. The highest BCUT2D eigenvalue weighted by molar-refractivity contribution is 8.18. The van der Waals surface area contributed by atoms with Crippen molar-refractivity contribution in [2.24, 2.45) is 5.73 Å². The molecule has 1 aliphatic heterocycles. The van der Waals surface area contributed by atoms with Gasteiger partial charge in [0.15, 0.2) is 6.61 Å². The molecule has 0 radical (unpaired) electrons. The van der Waals surface area contributed by atoms with Crippen molar-refractivity contribution in [3.63, 3.8) is 0 Å². The molecular formula is C23H23N3O5S. The summed E-state index contributed by atoms with van der Waals surface area (Å²) in [7, 11) is 0. The number of nitrogens with zero attached hydrogens (tertiary/aromatic N) is 1. The monoisotopic (exact) mass is 453 g/mol. The predicted octanol–water partition coefficient (Wildman–Crippen LogP) is 3.35. The maximum Gasteiger partial charge on any atom is 0.294 e. The van der Waals surface area contributed by atoms with Gasteiger partial charge in [-0.3, -0.25) is 24.1 Å². The molecule has 1 heterocycles. The van der Waals surface area contributed by atoms with Gasteiger partial charge in [0.05, 0.1) is 4.91 Å². The summed E-state index contributed by atoms with van der Waals surface area (Å²) in [6.45, 7) is 3.51. The van der Waals surface area contributed by atoms with E-state index in [4.69, 9.17) is 10.5 Å². The van der Waals surface area contributed by atoms with Crippen LogP contribution < -0.4 is 15.8 Å². The number of carbonyl (C=O) groups is 4. The van der Waals surface area contributed by atoms with E-state index in [1.807, 2.05) is 24.3 Å². The van der Waals surface area contributed by atoms with E-state index >= 15 is 0 Å². The molecule has 0 atom stereocenters. The molecular weight excluding hydrogens is 430 g/mol. The van der Waals surface area contributed by atoms with Crippen LogP contribution in [0.2, 0.25) is 0 Å².